The lowest BCUT2D eigenvalue weighted by Crippen LogP contribution is -2.38. The fraction of sp³-hybridized carbons (Fsp3) is 0.462. The Kier molecular flexibility index (Phi) is 3.65. The van der Waals surface area contributed by atoms with Crippen LogP contribution in [0.5, 0.6) is 0 Å². The number of carbonyl (C=O) groups is 1. The van der Waals surface area contributed by atoms with E-state index < -0.39 is 6.10 Å². The lowest BCUT2D eigenvalue weighted by atomic mass is 9.82. The van der Waals surface area contributed by atoms with E-state index in [1.54, 1.807) is 6.92 Å². The molecule has 1 aliphatic rings. The molecule has 0 radical (unpaired) electrons. The first-order valence-corrected chi connectivity index (χ1v) is 6.12. The number of benzene rings is 1. The van der Waals surface area contributed by atoms with Crippen molar-refractivity contribution in [3.8, 4) is 0 Å². The van der Waals surface area contributed by atoms with Gasteiger partial charge in [-0.3, -0.25) is 0 Å². The van der Waals surface area contributed by atoms with Gasteiger partial charge in [-0.05, 0) is 43.5 Å². The topological polar surface area (TPSA) is 40.5 Å². The third-order valence-corrected chi connectivity index (χ3v) is 3.65. The number of aliphatic hydroxyl groups is 1. The highest BCUT2D eigenvalue weighted by molar-refractivity contribution is 6.64. The standard InChI is InChI=1S/C13H18BNO2/c1-9-11-4-3-5-12(10(2)17)13(11)6-7-15(9)14-8-16/h3-5,8-10,14,17H,6-7H2,1-2H3/t9-,10?/m0/s1. The maximum Gasteiger partial charge on any atom is 0.281 e. The molecule has 0 spiro atoms. The summed E-state index contributed by atoms with van der Waals surface area (Å²) in [7, 11) is 0.486. The Balaban J connectivity index is 2.37. The van der Waals surface area contributed by atoms with Gasteiger partial charge in [-0.1, -0.05) is 18.2 Å². The molecule has 17 heavy (non-hydrogen) atoms. The van der Waals surface area contributed by atoms with Crippen LogP contribution >= 0.6 is 0 Å². The summed E-state index contributed by atoms with van der Waals surface area (Å²) in [4.78, 5) is 12.8. The third-order valence-electron chi connectivity index (χ3n) is 3.65. The van der Waals surface area contributed by atoms with Gasteiger partial charge in [-0.25, -0.2) is 0 Å². The van der Waals surface area contributed by atoms with Crippen LogP contribution in [0.1, 0.15) is 42.7 Å². The van der Waals surface area contributed by atoms with Gasteiger partial charge in [0.05, 0.1) is 12.3 Å². The van der Waals surface area contributed by atoms with Gasteiger partial charge in [0.2, 0.25) is 0 Å². The highest BCUT2D eigenvalue weighted by Crippen LogP contribution is 2.32. The van der Waals surface area contributed by atoms with E-state index in [1.165, 1.54) is 11.1 Å². The van der Waals surface area contributed by atoms with Crippen LogP contribution < -0.4 is 0 Å². The molecule has 0 fully saturated rings. The zero-order chi connectivity index (χ0) is 12.4. The van der Waals surface area contributed by atoms with Gasteiger partial charge in [0.25, 0.3) is 7.41 Å². The molecule has 1 heterocycles. The average Bonchev–Trinajstić information content (AvgIpc) is 2.32. The summed E-state index contributed by atoms with van der Waals surface area (Å²) in [5.41, 5.74) is 3.54. The molecule has 0 bridgehead atoms. The number of rotatable bonds is 3. The zero-order valence-electron chi connectivity index (χ0n) is 10.4. The van der Waals surface area contributed by atoms with Gasteiger partial charge in [0.1, 0.15) is 0 Å². The molecule has 0 saturated heterocycles. The summed E-state index contributed by atoms with van der Waals surface area (Å²) in [6.07, 6.45) is 1.45. The number of fused-ring (bicyclic) bond motifs is 1. The normalized spacial score (nSPS) is 21.7. The summed E-state index contributed by atoms with van der Waals surface area (Å²) in [6.45, 7) is 4.81. The van der Waals surface area contributed by atoms with Gasteiger partial charge < -0.3 is 14.7 Å². The van der Waals surface area contributed by atoms with Crippen molar-refractivity contribution in [2.75, 3.05) is 6.54 Å². The summed E-state index contributed by atoms with van der Waals surface area (Å²) in [5, 5.41) is 9.77. The number of carbonyl (C=O) groups excluding carboxylic acids is 1. The van der Waals surface area contributed by atoms with Crippen molar-refractivity contribution in [2.24, 2.45) is 0 Å². The van der Waals surface area contributed by atoms with E-state index in [2.05, 4.69) is 17.8 Å². The van der Waals surface area contributed by atoms with E-state index >= 15 is 0 Å². The minimum Gasteiger partial charge on any atom is -0.389 e. The molecule has 0 aromatic heterocycles. The second-order valence-electron chi connectivity index (χ2n) is 4.68. The fourth-order valence-corrected chi connectivity index (χ4v) is 2.69. The van der Waals surface area contributed by atoms with Crippen molar-refractivity contribution in [1.82, 2.24) is 4.81 Å². The maximum atomic E-state index is 10.6. The van der Waals surface area contributed by atoms with E-state index in [9.17, 15) is 9.90 Å². The van der Waals surface area contributed by atoms with Crippen LogP contribution in [0.25, 0.3) is 0 Å². The second-order valence-corrected chi connectivity index (χ2v) is 4.68. The van der Waals surface area contributed by atoms with Crippen molar-refractivity contribution >= 4 is 13.6 Å². The molecule has 3 nitrogen and oxygen atoms in total. The van der Waals surface area contributed by atoms with Crippen molar-refractivity contribution in [3.05, 3.63) is 34.9 Å². The van der Waals surface area contributed by atoms with Crippen LogP contribution in [0, 0.1) is 0 Å². The Morgan fingerprint density at radius 2 is 2.35 bits per heavy atom. The van der Waals surface area contributed by atoms with Crippen LogP contribution in [-0.4, -0.2) is 30.1 Å². The summed E-state index contributed by atoms with van der Waals surface area (Å²) in [6, 6.07) is 6.33. The van der Waals surface area contributed by atoms with Crippen LogP contribution in [0.15, 0.2) is 18.2 Å². The van der Waals surface area contributed by atoms with E-state index in [0.29, 0.717) is 7.41 Å². The molecule has 0 amide bonds. The van der Waals surface area contributed by atoms with Gasteiger partial charge in [-0.15, -0.1) is 0 Å². The minimum absolute atomic E-state index is 0.252. The van der Waals surface area contributed by atoms with Gasteiger partial charge in [0.15, 0.2) is 0 Å². The van der Waals surface area contributed by atoms with E-state index in [0.717, 1.165) is 24.7 Å². The molecule has 90 valence electrons. The zero-order valence-corrected chi connectivity index (χ0v) is 10.4. The van der Waals surface area contributed by atoms with E-state index in [4.69, 9.17) is 0 Å². The molecule has 0 aliphatic carbocycles. The van der Waals surface area contributed by atoms with E-state index in [1.807, 2.05) is 12.1 Å². The van der Waals surface area contributed by atoms with Crippen molar-refractivity contribution < 1.29 is 9.90 Å². The minimum atomic E-state index is -0.422. The molecule has 0 saturated carbocycles. The predicted molar refractivity (Wildman–Crippen MR) is 69.8 cm³/mol. The van der Waals surface area contributed by atoms with Crippen LogP contribution in [0.4, 0.5) is 0 Å². The molecule has 1 N–H and O–H groups in total. The molecule has 2 atom stereocenters. The molecular weight excluding hydrogens is 213 g/mol. The van der Waals surface area contributed by atoms with Gasteiger partial charge in [0, 0.05) is 6.04 Å². The number of nitrogens with zero attached hydrogens (tertiary/aromatic N) is 1. The molecule has 1 aromatic carbocycles. The molecule has 4 heteroatoms. The SMILES string of the molecule is CC(O)c1cccc2c1CCN(BC=O)[C@H]2C. The summed E-state index contributed by atoms with van der Waals surface area (Å²) < 4.78 is 0. The first-order valence-electron chi connectivity index (χ1n) is 6.12. The Labute approximate surface area is 103 Å². The first kappa shape index (κ1) is 12.3. The summed E-state index contributed by atoms with van der Waals surface area (Å²) in [5.74, 6) is 0. The average molecular weight is 231 g/mol. The molecule has 2 rings (SSSR count). The van der Waals surface area contributed by atoms with Crippen molar-refractivity contribution in [3.63, 3.8) is 0 Å². The number of aliphatic hydroxyl groups excluding tert-OH is 1. The Bertz CT molecular complexity index is 420. The predicted octanol–water partition coefficient (Wildman–Crippen LogP) is 1.20. The lowest BCUT2D eigenvalue weighted by Gasteiger charge is -2.35. The quantitative estimate of drug-likeness (QED) is 0.627. The second kappa shape index (κ2) is 5.02. The molecule has 1 unspecified atom stereocenters. The highest BCUT2D eigenvalue weighted by Gasteiger charge is 2.25. The highest BCUT2D eigenvalue weighted by atomic mass is 16.3. The van der Waals surface area contributed by atoms with Crippen molar-refractivity contribution in [1.29, 1.82) is 0 Å². The summed E-state index contributed by atoms with van der Waals surface area (Å²) >= 11 is 0. The van der Waals surface area contributed by atoms with Gasteiger partial charge >= 0.3 is 0 Å². The number of hydrogen-bond acceptors (Lipinski definition) is 3. The monoisotopic (exact) mass is 231 g/mol. The molecular formula is C13H18BNO2. The Morgan fingerprint density at radius 1 is 1.59 bits per heavy atom. The fourth-order valence-electron chi connectivity index (χ4n) is 2.69. The third kappa shape index (κ3) is 2.28. The maximum absolute atomic E-state index is 10.6. The van der Waals surface area contributed by atoms with Crippen molar-refractivity contribution in [2.45, 2.75) is 32.4 Å². The molecule has 1 aliphatic heterocycles. The Hall–Kier alpha value is -1.13. The lowest BCUT2D eigenvalue weighted by molar-refractivity contribution is 0.196. The smallest absolute Gasteiger partial charge is 0.281 e. The van der Waals surface area contributed by atoms with Crippen LogP contribution in [0.2, 0.25) is 0 Å². The number of hydrogen-bond donors (Lipinski definition) is 1. The van der Waals surface area contributed by atoms with Crippen LogP contribution in [0.3, 0.4) is 0 Å². The Morgan fingerprint density at radius 3 is 3.00 bits per heavy atom. The van der Waals surface area contributed by atoms with E-state index in [-0.39, 0.29) is 6.04 Å². The first-order chi connectivity index (χ1) is 8.15. The van der Waals surface area contributed by atoms with Gasteiger partial charge in [-0.2, -0.15) is 0 Å². The largest absolute Gasteiger partial charge is 0.389 e. The van der Waals surface area contributed by atoms with Crippen LogP contribution in [-0.2, 0) is 11.2 Å². The molecule has 1 aromatic rings.